The van der Waals surface area contributed by atoms with Crippen LogP contribution in [0, 0.1) is 17.3 Å². The quantitative estimate of drug-likeness (QED) is 0.585. The van der Waals surface area contributed by atoms with Crippen molar-refractivity contribution in [3.05, 3.63) is 59.2 Å². The SMILES string of the molecule is CC(C)Cc1ccc(-c2ccc3c(c2)CCC2(CC2)C3NC(=O)O[C@H]2CN3CCC2CC3)cc1. The van der Waals surface area contributed by atoms with E-state index in [1.165, 1.54) is 40.7 Å². The molecule has 3 saturated heterocycles. The maximum absolute atomic E-state index is 13.0. The van der Waals surface area contributed by atoms with Gasteiger partial charge in [-0.3, -0.25) is 4.90 Å². The molecule has 0 aromatic heterocycles. The lowest BCUT2D eigenvalue weighted by Gasteiger charge is -2.44. The van der Waals surface area contributed by atoms with Gasteiger partial charge in [-0.1, -0.05) is 56.3 Å². The molecule has 0 radical (unpaired) electrons. The van der Waals surface area contributed by atoms with E-state index < -0.39 is 0 Å². The normalized spacial score (nSPS) is 28.6. The van der Waals surface area contributed by atoms with Gasteiger partial charge in [-0.15, -0.1) is 0 Å². The number of benzene rings is 2. The van der Waals surface area contributed by atoms with Gasteiger partial charge in [0.05, 0.1) is 6.04 Å². The fraction of sp³-hybridized carbons (Fsp3) is 0.567. The van der Waals surface area contributed by atoms with E-state index in [0.717, 1.165) is 51.7 Å². The molecular weight excluding hydrogens is 420 g/mol. The number of hydrogen-bond donors (Lipinski definition) is 1. The van der Waals surface area contributed by atoms with Crippen molar-refractivity contribution >= 4 is 6.09 Å². The molecule has 1 spiro atoms. The van der Waals surface area contributed by atoms with E-state index >= 15 is 0 Å². The minimum atomic E-state index is -0.215. The fourth-order valence-electron chi connectivity index (χ4n) is 6.71. The zero-order chi connectivity index (χ0) is 23.3. The Balaban J connectivity index is 1.19. The first-order valence-corrected chi connectivity index (χ1v) is 13.4. The van der Waals surface area contributed by atoms with Gasteiger partial charge in [0, 0.05) is 6.54 Å². The van der Waals surface area contributed by atoms with E-state index in [2.05, 4.69) is 66.5 Å². The number of alkyl carbamates (subject to hydrolysis) is 1. The zero-order valence-corrected chi connectivity index (χ0v) is 20.7. The highest BCUT2D eigenvalue weighted by Crippen LogP contribution is 2.61. The summed E-state index contributed by atoms with van der Waals surface area (Å²) in [6.07, 6.45) is 7.95. The van der Waals surface area contributed by atoms with E-state index in [1.54, 1.807) is 0 Å². The highest BCUT2D eigenvalue weighted by Gasteiger charge is 2.53. The van der Waals surface area contributed by atoms with Crippen LogP contribution in [0.1, 0.15) is 68.7 Å². The molecule has 4 heteroatoms. The number of ether oxygens (including phenoxy) is 1. The lowest BCUT2D eigenvalue weighted by atomic mass is 9.76. The molecule has 3 aliphatic heterocycles. The summed E-state index contributed by atoms with van der Waals surface area (Å²) in [7, 11) is 0. The van der Waals surface area contributed by atoms with Crippen molar-refractivity contribution < 1.29 is 9.53 Å². The Hall–Kier alpha value is -2.33. The average molecular weight is 459 g/mol. The Kier molecular flexibility index (Phi) is 5.68. The summed E-state index contributed by atoms with van der Waals surface area (Å²) in [5, 5.41) is 3.34. The largest absolute Gasteiger partial charge is 0.445 e. The maximum Gasteiger partial charge on any atom is 0.407 e. The Morgan fingerprint density at radius 1 is 1.06 bits per heavy atom. The van der Waals surface area contributed by atoms with Crippen molar-refractivity contribution in [3.8, 4) is 11.1 Å². The molecule has 1 amide bonds. The molecule has 7 rings (SSSR count). The van der Waals surface area contributed by atoms with Gasteiger partial charge in [0.1, 0.15) is 6.10 Å². The second kappa shape index (κ2) is 8.71. The lowest BCUT2D eigenvalue weighted by molar-refractivity contribution is -0.0347. The third-order valence-corrected chi connectivity index (χ3v) is 8.90. The van der Waals surface area contributed by atoms with Crippen LogP contribution in [0.5, 0.6) is 0 Å². The molecule has 3 heterocycles. The Morgan fingerprint density at radius 2 is 1.79 bits per heavy atom. The first-order chi connectivity index (χ1) is 16.5. The molecule has 5 aliphatic rings. The van der Waals surface area contributed by atoms with Crippen molar-refractivity contribution in [1.82, 2.24) is 10.2 Å². The predicted molar refractivity (Wildman–Crippen MR) is 136 cm³/mol. The van der Waals surface area contributed by atoms with Crippen LogP contribution in [0.15, 0.2) is 42.5 Å². The molecule has 1 unspecified atom stereocenters. The number of aryl methyl sites for hydroxylation is 1. The van der Waals surface area contributed by atoms with Crippen LogP contribution in [0.2, 0.25) is 0 Å². The standard InChI is InChI=1S/C30H38N2O2/c1-20(2)17-21-3-5-22(6-4-21)24-7-8-26-25(18-24)9-12-30(13-14-30)28(26)31-29(33)34-27-19-32-15-10-23(27)11-16-32/h3-8,18,20,23,27-28H,9-17,19H2,1-2H3,(H,31,33)/t27-,28?/m0/s1. The Labute approximate surface area is 204 Å². The van der Waals surface area contributed by atoms with Gasteiger partial charge in [-0.2, -0.15) is 0 Å². The van der Waals surface area contributed by atoms with E-state index in [4.69, 9.17) is 4.74 Å². The third-order valence-electron chi connectivity index (χ3n) is 8.90. The van der Waals surface area contributed by atoms with Crippen molar-refractivity contribution in [2.75, 3.05) is 19.6 Å². The van der Waals surface area contributed by atoms with Crippen LogP contribution >= 0.6 is 0 Å². The molecule has 2 aromatic carbocycles. The number of nitrogens with one attached hydrogen (secondary N) is 1. The summed E-state index contributed by atoms with van der Waals surface area (Å²) in [6, 6.07) is 16.0. The van der Waals surface area contributed by atoms with Gasteiger partial charge in [0.25, 0.3) is 0 Å². The van der Waals surface area contributed by atoms with E-state index in [0.29, 0.717) is 11.8 Å². The Morgan fingerprint density at radius 3 is 2.44 bits per heavy atom. The first kappa shape index (κ1) is 22.2. The molecule has 4 nitrogen and oxygen atoms in total. The molecular formula is C30H38N2O2. The number of rotatable bonds is 5. The van der Waals surface area contributed by atoms with Crippen molar-refractivity contribution in [2.45, 2.75) is 70.9 Å². The van der Waals surface area contributed by atoms with Crippen LogP contribution in [0.25, 0.3) is 11.1 Å². The summed E-state index contributed by atoms with van der Waals surface area (Å²) in [6.45, 7) is 7.76. The van der Waals surface area contributed by atoms with Crippen LogP contribution in [-0.4, -0.2) is 36.7 Å². The second-order valence-corrected chi connectivity index (χ2v) is 11.7. The van der Waals surface area contributed by atoms with E-state index in [-0.39, 0.29) is 23.7 Å². The average Bonchev–Trinajstić information content (AvgIpc) is 3.62. The molecule has 2 bridgehead atoms. The van der Waals surface area contributed by atoms with Gasteiger partial charge in [-0.05, 0) is 103 Å². The number of carbonyl (C=O) groups excluding carboxylic acids is 1. The third kappa shape index (κ3) is 4.26. The van der Waals surface area contributed by atoms with Crippen molar-refractivity contribution in [2.24, 2.45) is 17.3 Å². The smallest absolute Gasteiger partial charge is 0.407 e. The highest BCUT2D eigenvalue weighted by atomic mass is 16.6. The molecule has 4 fully saturated rings. The number of amides is 1. The molecule has 2 aliphatic carbocycles. The first-order valence-electron chi connectivity index (χ1n) is 13.4. The molecule has 2 aromatic rings. The summed E-state index contributed by atoms with van der Waals surface area (Å²) >= 11 is 0. The van der Waals surface area contributed by atoms with E-state index in [1.807, 2.05) is 0 Å². The van der Waals surface area contributed by atoms with Gasteiger partial charge >= 0.3 is 6.09 Å². The molecule has 1 saturated carbocycles. The summed E-state index contributed by atoms with van der Waals surface area (Å²) in [5.41, 5.74) is 6.87. The second-order valence-electron chi connectivity index (χ2n) is 11.7. The minimum Gasteiger partial charge on any atom is -0.445 e. The molecule has 2 atom stereocenters. The number of carbonyl (C=O) groups is 1. The van der Waals surface area contributed by atoms with Crippen LogP contribution in [0.3, 0.4) is 0 Å². The van der Waals surface area contributed by atoms with Crippen molar-refractivity contribution in [1.29, 1.82) is 0 Å². The lowest BCUT2D eigenvalue weighted by Crippen LogP contribution is -2.53. The Bertz CT molecular complexity index is 1050. The van der Waals surface area contributed by atoms with Gasteiger partial charge in [-0.25, -0.2) is 4.79 Å². The van der Waals surface area contributed by atoms with Crippen LogP contribution < -0.4 is 5.32 Å². The van der Waals surface area contributed by atoms with Gasteiger partial charge in [0.15, 0.2) is 0 Å². The number of nitrogens with zero attached hydrogens (tertiary/aromatic N) is 1. The summed E-state index contributed by atoms with van der Waals surface area (Å²) < 4.78 is 6.00. The predicted octanol–water partition coefficient (Wildman–Crippen LogP) is 6.14. The van der Waals surface area contributed by atoms with E-state index in [9.17, 15) is 4.79 Å². The number of piperidine rings is 3. The molecule has 180 valence electrons. The monoisotopic (exact) mass is 458 g/mol. The van der Waals surface area contributed by atoms with Crippen molar-refractivity contribution in [3.63, 3.8) is 0 Å². The summed E-state index contributed by atoms with van der Waals surface area (Å²) in [5.74, 6) is 1.21. The number of fused-ring (bicyclic) bond motifs is 4. The van der Waals surface area contributed by atoms with Crippen LogP contribution in [-0.2, 0) is 17.6 Å². The molecule has 1 N–H and O–H groups in total. The van der Waals surface area contributed by atoms with Gasteiger partial charge < -0.3 is 10.1 Å². The zero-order valence-electron chi connectivity index (χ0n) is 20.7. The fourth-order valence-corrected chi connectivity index (χ4v) is 6.71. The highest BCUT2D eigenvalue weighted by molar-refractivity contribution is 5.70. The minimum absolute atomic E-state index is 0.0572. The van der Waals surface area contributed by atoms with Crippen LogP contribution in [0.4, 0.5) is 4.79 Å². The summed E-state index contributed by atoms with van der Waals surface area (Å²) in [4.78, 5) is 15.5. The van der Waals surface area contributed by atoms with Gasteiger partial charge in [0.2, 0.25) is 0 Å². The molecule has 34 heavy (non-hydrogen) atoms. The topological polar surface area (TPSA) is 41.6 Å². The number of hydrogen-bond acceptors (Lipinski definition) is 3. The maximum atomic E-state index is 13.0.